The Morgan fingerprint density at radius 2 is 1.94 bits per heavy atom. The van der Waals surface area contributed by atoms with E-state index in [9.17, 15) is 9.69 Å². The molecule has 4 atom stereocenters. The quantitative estimate of drug-likeness (QED) is 0.122. The van der Waals surface area contributed by atoms with Crippen molar-refractivity contribution in [1.29, 1.82) is 0 Å². The minimum absolute atomic E-state index is 0.126. The number of ether oxygens (including phenoxy) is 1. The molecule has 0 bridgehead atoms. The van der Waals surface area contributed by atoms with Crippen molar-refractivity contribution in [3.63, 3.8) is 0 Å². The van der Waals surface area contributed by atoms with E-state index < -0.39 is 6.49 Å². The van der Waals surface area contributed by atoms with Crippen LogP contribution in [0.4, 0.5) is 0 Å². The summed E-state index contributed by atoms with van der Waals surface area (Å²) in [5.41, 5.74) is 6.11. The molecule has 0 aromatic carbocycles. The molecular weight excluding hydrogens is 475 g/mol. The number of rotatable bonds is 12. The van der Waals surface area contributed by atoms with Crippen LogP contribution in [0.5, 0.6) is 0 Å². The van der Waals surface area contributed by atoms with E-state index in [2.05, 4.69) is 39.8 Å². The predicted molar refractivity (Wildman–Crippen MR) is 149 cm³/mol. The predicted octanol–water partition coefficient (Wildman–Crippen LogP) is 7.87. The molecule has 6 heteroatoms. The van der Waals surface area contributed by atoms with Crippen LogP contribution in [0.25, 0.3) is 0 Å². The molecule has 4 nitrogen and oxygen atoms in total. The molecule has 0 aliphatic heterocycles. The van der Waals surface area contributed by atoms with Gasteiger partial charge in [0.05, 0.1) is 19.6 Å². The van der Waals surface area contributed by atoms with Gasteiger partial charge in [0, 0.05) is 12.6 Å². The molecule has 0 fully saturated rings. The fourth-order valence-electron chi connectivity index (χ4n) is 6.44. The summed E-state index contributed by atoms with van der Waals surface area (Å²) in [7, 11) is 0. The molecule has 0 saturated carbocycles. The second-order valence-corrected chi connectivity index (χ2v) is 15.7. The van der Waals surface area contributed by atoms with Gasteiger partial charge < -0.3 is 14.2 Å². The minimum Gasteiger partial charge on any atom is -0.465 e. The van der Waals surface area contributed by atoms with E-state index >= 15 is 0 Å². The second kappa shape index (κ2) is 12.7. The van der Waals surface area contributed by atoms with Gasteiger partial charge >= 0.3 is 5.97 Å². The van der Waals surface area contributed by atoms with Crippen LogP contribution < -0.4 is 0 Å². The van der Waals surface area contributed by atoms with E-state index in [1.54, 1.807) is 12.2 Å². The van der Waals surface area contributed by atoms with Gasteiger partial charge in [-0.05, 0) is 92.1 Å². The first-order chi connectivity index (χ1) is 16.5. The Labute approximate surface area is 218 Å². The van der Waals surface area contributed by atoms with Crippen molar-refractivity contribution in [2.45, 2.75) is 98.3 Å². The highest BCUT2D eigenvalue weighted by molar-refractivity contribution is 8.09. The lowest BCUT2D eigenvalue weighted by molar-refractivity contribution is -0.142. The molecule has 198 valence electrons. The van der Waals surface area contributed by atoms with E-state index in [-0.39, 0.29) is 5.97 Å². The summed E-state index contributed by atoms with van der Waals surface area (Å²) in [6.45, 7) is 9.18. The third-order valence-electron chi connectivity index (χ3n) is 8.07. The van der Waals surface area contributed by atoms with Crippen molar-refractivity contribution in [2.75, 3.05) is 19.9 Å². The molecule has 1 N–H and O–H groups in total. The first-order valence-corrected chi connectivity index (χ1v) is 16.8. The topological polar surface area (TPSA) is 55.8 Å². The lowest BCUT2D eigenvalue weighted by Gasteiger charge is -2.49. The number of unbranched alkanes of at least 4 members (excludes halogenated alkanes) is 3. The number of esters is 1. The summed E-state index contributed by atoms with van der Waals surface area (Å²) in [5, 5.41) is 0. The largest absolute Gasteiger partial charge is 0.465 e. The molecule has 0 spiro atoms. The van der Waals surface area contributed by atoms with Crippen LogP contribution in [-0.4, -0.2) is 30.7 Å². The minimum atomic E-state index is -2.61. The zero-order valence-corrected chi connectivity index (χ0v) is 24.3. The van der Waals surface area contributed by atoms with Crippen molar-refractivity contribution in [1.82, 2.24) is 0 Å². The van der Waals surface area contributed by atoms with Gasteiger partial charge in [-0.2, -0.15) is 0 Å². The fourth-order valence-corrected chi connectivity index (χ4v) is 7.13. The van der Waals surface area contributed by atoms with Gasteiger partial charge in [-0.3, -0.25) is 4.79 Å². The Morgan fingerprint density at radius 1 is 1.20 bits per heavy atom. The van der Waals surface area contributed by atoms with Crippen molar-refractivity contribution < 1.29 is 18.9 Å². The van der Waals surface area contributed by atoms with Crippen LogP contribution in [0.15, 0.2) is 34.4 Å². The van der Waals surface area contributed by atoms with Crippen LogP contribution in [-0.2, 0) is 25.9 Å². The third-order valence-corrected chi connectivity index (χ3v) is 9.05. The first kappa shape index (κ1) is 28.8. The van der Waals surface area contributed by atoms with E-state index in [0.717, 1.165) is 19.3 Å². The average molecular weight is 523 g/mol. The number of hydrogen-bond donors (Lipinski definition) is 1. The van der Waals surface area contributed by atoms with Crippen molar-refractivity contribution >= 4 is 24.3 Å². The lowest BCUT2D eigenvalue weighted by Crippen LogP contribution is -2.39. The smallest absolute Gasteiger partial charge is 0.310 e. The highest BCUT2D eigenvalue weighted by Crippen LogP contribution is 2.56. The molecule has 4 unspecified atom stereocenters. The number of allylic oxidation sites excluding steroid dienone is 5. The molecule has 0 amide bonds. The van der Waals surface area contributed by atoms with Crippen LogP contribution in [0.2, 0.25) is 0 Å². The molecule has 0 aromatic rings. The van der Waals surface area contributed by atoms with Crippen molar-refractivity contribution in [3.05, 3.63) is 34.4 Å². The SMILES string of the molecule is CCCCCC1C=C(CC(=O)OCCCCOP(C)(O)=S)C2=C(C1)CC(C)(C)C1CCC(C)=CC21. The summed E-state index contributed by atoms with van der Waals surface area (Å²) < 4.78 is 10.9. The highest BCUT2D eigenvalue weighted by Gasteiger charge is 2.45. The van der Waals surface area contributed by atoms with Gasteiger partial charge in [-0.15, -0.1) is 0 Å². The molecule has 0 aromatic heterocycles. The van der Waals surface area contributed by atoms with Gasteiger partial charge in [0.25, 0.3) is 0 Å². The molecule has 3 aliphatic rings. The molecule has 0 radical (unpaired) electrons. The molecular formula is C29H47O4PS. The summed E-state index contributed by atoms with van der Waals surface area (Å²) in [6.07, 6.45) is 16.5. The number of hydrogen-bond acceptors (Lipinski definition) is 4. The van der Waals surface area contributed by atoms with Crippen LogP contribution in [0.3, 0.4) is 0 Å². The van der Waals surface area contributed by atoms with Crippen molar-refractivity contribution in [2.24, 2.45) is 23.2 Å². The summed E-state index contributed by atoms with van der Waals surface area (Å²) >= 11 is 4.89. The van der Waals surface area contributed by atoms with Gasteiger partial charge in [-0.1, -0.05) is 63.3 Å². The summed E-state index contributed by atoms with van der Waals surface area (Å²) in [5.74, 6) is 1.49. The van der Waals surface area contributed by atoms with Crippen LogP contribution in [0.1, 0.15) is 98.3 Å². The third kappa shape index (κ3) is 8.38. The monoisotopic (exact) mass is 522 g/mol. The molecule has 3 rings (SSSR count). The van der Waals surface area contributed by atoms with Crippen LogP contribution in [0, 0.1) is 23.2 Å². The van der Waals surface area contributed by atoms with Crippen molar-refractivity contribution in [3.8, 4) is 0 Å². The van der Waals surface area contributed by atoms with Gasteiger partial charge in [0.1, 0.15) is 0 Å². The van der Waals surface area contributed by atoms with Crippen LogP contribution >= 0.6 is 6.49 Å². The van der Waals surface area contributed by atoms with E-state index in [0.29, 0.717) is 49.2 Å². The van der Waals surface area contributed by atoms with E-state index in [1.165, 1.54) is 55.2 Å². The van der Waals surface area contributed by atoms with E-state index in [1.807, 2.05) is 0 Å². The maximum Gasteiger partial charge on any atom is 0.310 e. The first-order valence-electron chi connectivity index (χ1n) is 13.7. The Balaban J connectivity index is 1.70. The van der Waals surface area contributed by atoms with E-state index in [4.69, 9.17) is 21.1 Å². The Hall–Kier alpha value is -0.740. The number of carbonyl (C=O) groups is 1. The maximum absolute atomic E-state index is 12.9. The standard InChI is InChI=1S/C29H47O4PS/c1-6-7-8-11-22-17-23(19-27(30)32-14-9-10-15-33-34(5,31)35)28-24(18-22)20-29(3,4)26-13-12-21(2)16-25(26)28/h16-17,22,25-26H,6-15,18-20H2,1-5H3,(H,31,35). The average Bonchev–Trinajstić information content (AvgIpc) is 2.74. The molecule has 3 aliphatic carbocycles. The summed E-state index contributed by atoms with van der Waals surface area (Å²) in [6, 6.07) is 0. The Kier molecular flexibility index (Phi) is 10.4. The number of fused-ring (bicyclic) bond motifs is 2. The Bertz CT molecular complexity index is 894. The lowest BCUT2D eigenvalue weighted by atomic mass is 9.55. The van der Waals surface area contributed by atoms with Gasteiger partial charge in [-0.25, -0.2) is 0 Å². The van der Waals surface area contributed by atoms with Gasteiger partial charge in [0.2, 0.25) is 0 Å². The summed E-state index contributed by atoms with van der Waals surface area (Å²) in [4.78, 5) is 22.5. The normalized spacial score (nSPS) is 27.3. The molecule has 0 heterocycles. The zero-order valence-electron chi connectivity index (χ0n) is 22.6. The molecule has 0 saturated heterocycles. The molecule has 35 heavy (non-hydrogen) atoms. The number of carbonyl (C=O) groups excluding carboxylic acids is 1. The zero-order chi connectivity index (χ0) is 25.6. The highest BCUT2D eigenvalue weighted by atomic mass is 32.5. The second-order valence-electron chi connectivity index (χ2n) is 11.8. The Morgan fingerprint density at radius 3 is 2.66 bits per heavy atom. The fraction of sp³-hybridized carbons (Fsp3) is 0.759. The van der Waals surface area contributed by atoms with Gasteiger partial charge in [0.15, 0.2) is 6.49 Å². The maximum atomic E-state index is 12.9.